The highest BCUT2D eigenvalue weighted by atomic mass is 16.5. The highest BCUT2D eigenvalue weighted by Crippen LogP contribution is 2.20. The molecule has 0 spiro atoms. The van der Waals surface area contributed by atoms with Gasteiger partial charge in [0.2, 0.25) is 0 Å². The summed E-state index contributed by atoms with van der Waals surface area (Å²) in [6, 6.07) is 2.15. The summed E-state index contributed by atoms with van der Waals surface area (Å²) in [6.07, 6.45) is 0.478. The van der Waals surface area contributed by atoms with Crippen molar-refractivity contribution in [2.24, 2.45) is 12.5 Å². The minimum absolute atomic E-state index is 0.184. The van der Waals surface area contributed by atoms with Crippen molar-refractivity contribution in [2.75, 3.05) is 12.3 Å². The molecule has 0 aromatic carbocycles. The first-order valence-corrected chi connectivity index (χ1v) is 5.66. The van der Waals surface area contributed by atoms with Crippen molar-refractivity contribution in [1.29, 1.82) is 5.26 Å². The fourth-order valence-corrected chi connectivity index (χ4v) is 1.44. The maximum Gasteiger partial charge on any atom is 0.358 e. The molecule has 0 aliphatic carbocycles. The van der Waals surface area contributed by atoms with Gasteiger partial charge in [0.25, 0.3) is 0 Å². The van der Waals surface area contributed by atoms with Gasteiger partial charge in [-0.05, 0) is 27.2 Å². The molecule has 2 N–H and O–H groups in total. The number of nitriles is 1. The van der Waals surface area contributed by atoms with Crippen LogP contribution in [-0.2, 0) is 11.8 Å². The smallest absolute Gasteiger partial charge is 0.358 e. The Hall–Kier alpha value is -2.03. The van der Waals surface area contributed by atoms with Crippen molar-refractivity contribution in [3.63, 3.8) is 0 Å². The zero-order valence-electron chi connectivity index (χ0n) is 11.1. The Morgan fingerprint density at radius 3 is 2.67 bits per heavy atom. The molecule has 0 bridgehead atoms. The van der Waals surface area contributed by atoms with Crippen LogP contribution in [-0.4, -0.2) is 22.4 Å². The fourth-order valence-electron chi connectivity index (χ4n) is 1.44. The lowest BCUT2D eigenvalue weighted by Crippen LogP contribution is -2.17. The monoisotopic (exact) mass is 250 g/mol. The lowest BCUT2D eigenvalue weighted by atomic mass is 9.92. The van der Waals surface area contributed by atoms with E-state index in [2.05, 4.69) is 11.2 Å². The summed E-state index contributed by atoms with van der Waals surface area (Å²) in [6.45, 7) is 5.50. The Kier molecular flexibility index (Phi) is 3.96. The summed E-state index contributed by atoms with van der Waals surface area (Å²) >= 11 is 0. The Labute approximate surface area is 106 Å². The van der Waals surface area contributed by atoms with E-state index in [1.54, 1.807) is 27.8 Å². The fraction of sp³-hybridized carbons (Fsp3) is 0.583. The summed E-state index contributed by atoms with van der Waals surface area (Å²) in [5.41, 5.74) is 6.43. The normalized spacial score (nSPS) is 11.1. The van der Waals surface area contributed by atoms with Crippen LogP contribution in [0.2, 0.25) is 0 Å². The van der Waals surface area contributed by atoms with Gasteiger partial charge in [-0.25, -0.2) is 4.79 Å². The van der Waals surface area contributed by atoms with Crippen molar-refractivity contribution >= 4 is 11.7 Å². The molecule has 0 aliphatic rings. The summed E-state index contributed by atoms with van der Waals surface area (Å²) in [4.78, 5) is 11.8. The molecular weight excluding hydrogens is 232 g/mol. The molecule has 1 rings (SSSR count). The third kappa shape index (κ3) is 3.00. The molecular formula is C12H18N4O2. The van der Waals surface area contributed by atoms with Gasteiger partial charge in [-0.2, -0.15) is 10.4 Å². The average molecular weight is 250 g/mol. The molecule has 1 heterocycles. The topological polar surface area (TPSA) is 93.9 Å². The first kappa shape index (κ1) is 14.0. The van der Waals surface area contributed by atoms with Gasteiger partial charge in [0.05, 0.1) is 29.5 Å². The number of nitrogens with zero attached hydrogens (tertiary/aromatic N) is 3. The van der Waals surface area contributed by atoms with Crippen LogP contribution in [0.5, 0.6) is 0 Å². The standard InChI is InChI=1S/C12H18N4O2/c1-8-9(14)10(16(4)15-8)11(17)18-6-5-12(2,3)7-13/h5-6,14H2,1-4H3. The number of esters is 1. The molecule has 18 heavy (non-hydrogen) atoms. The number of carbonyl (C=O) groups is 1. The largest absolute Gasteiger partial charge is 0.461 e. The Morgan fingerprint density at radius 2 is 2.22 bits per heavy atom. The highest BCUT2D eigenvalue weighted by molar-refractivity contribution is 5.93. The van der Waals surface area contributed by atoms with E-state index in [0.717, 1.165) is 0 Å². The molecule has 0 fully saturated rings. The molecule has 1 aromatic heterocycles. The molecule has 0 saturated carbocycles. The first-order chi connectivity index (χ1) is 8.28. The summed E-state index contributed by atoms with van der Waals surface area (Å²) in [7, 11) is 1.64. The zero-order chi connectivity index (χ0) is 13.9. The van der Waals surface area contributed by atoms with Crippen molar-refractivity contribution in [3.8, 4) is 6.07 Å². The lowest BCUT2D eigenvalue weighted by Gasteiger charge is -2.14. The van der Waals surface area contributed by atoms with E-state index in [0.29, 0.717) is 17.8 Å². The maximum absolute atomic E-state index is 11.8. The second-order valence-corrected chi connectivity index (χ2v) is 4.85. The van der Waals surface area contributed by atoms with Crippen molar-refractivity contribution in [2.45, 2.75) is 27.2 Å². The van der Waals surface area contributed by atoms with Crippen molar-refractivity contribution in [3.05, 3.63) is 11.4 Å². The number of nitrogens with two attached hydrogens (primary N) is 1. The molecule has 0 radical (unpaired) electrons. The number of ether oxygens (including phenoxy) is 1. The van der Waals surface area contributed by atoms with Gasteiger partial charge in [0, 0.05) is 7.05 Å². The van der Waals surface area contributed by atoms with E-state index in [-0.39, 0.29) is 12.3 Å². The van der Waals surface area contributed by atoms with Gasteiger partial charge < -0.3 is 10.5 Å². The molecule has 6 heteroatoms. The van der Waals surface area contributed by atoms with E-state index in [1.165, 1.54) is 4.68 Å². The molecule has 0 atom stereocenters. The minimum Gasteiger partial charge on any atom is -0.461 e. The van der Waals surface area contributed by atoms with E-state index >= 15 is 0 Å². The Balaban J connectivity index is 2.65. The predicted molar refractivity (Wildman–Crippen MR) is 66.7 cm³/mol. The van der Waals surface area contributed by atoms with Crippen molar-refractivity contribution < 1.29 is 9.53 Å². The maximum atomic E-state index is 11.8. The van der Waals surface area contributed by atoms with Gasteiger partial charge in [0.1, 0.15) is 0 Å². The summed E-state index contributed by atoms with van der Waals surface area (Å²) < 4.78 is 6.52. The van der Waals surface area contributed by atoms with E-state index in [4.69, 9.17) is 15.7 Å². The molecule has 0 unspecified atom stereocenters. The molecule has 6 nitrogen and oxygen atoms in total. The lowest BCUT2D eigenvalue weighted by molar-refractivity contribution is 0.0463. The van der Waals surface area contributed by atoms with E-state index in [1.807, 2.05) is 0 Å². The number of aromatic nitrogens is 2. The van der Waals surface area contributed by atoms with Crippen LogP contribution in [0.15, 0.2) is 0 Å². The summed E-state index contributed by atoms with van der Waals surface area (Å²) in [5.74, 6) is -0.510. The van der Waals surface area contributed by atoms with Gasteiger partial charge in [-0.15, -0.1) is 0 Å². The van der Waals surface area contributed by atoms with Gasteiger partial charge in [-0.1, -0.05) is 0 Å². The third-order valence-electron chi connectivity index (χ3n) is 2.72. The second-order valence-electron chi connectivity index (χ2n) is 4.85. The third-order valence-corrected chi connectivity index (χ3v) is 2.72. The predicted octanol–water partition coefficient (Wildman–Crippen LogP) is 1.41. The van der Waals surface area contributed by atoms with Crippen LogP contribution in [0.1, 0.15) is 36.5 Å². The molecule has 1 aromatic rings. The molecule has 0 amide bonds. The Bertz CT molecular complexity index is 497. The minimum atomic E-state index is -0.510. The van der Waals surface area contributed by atoms with Crippen LogP contribution in [0.25, 0.3) is 0 Å². The van der Waals surface area contributed by atoms with Gasteiger partial charge in [0.15, 0.2) is 5.69 Å². The SMILES string of the molecule is Cc1nn(C)c(C(=O)OCCC(C)(C)C#N)c1N. The van der Waals surface area contributed by atoms with Crippen molar-refractivity contribution in [1.82, 2.24) is 9.78 Å². The quantitative estimate of drug-likeness (QED) is 0.815. The number of aryl methyl sites for hydroxylation is 2. The van der Waals surface area contributed by atoms with E-state index < -0.39 is 11.4 Å². The van der Waals surface area contributed by atoms with Gasteiger partial charge >= 0.3 is 5.97 Å². The van der Waals surface area contributed by atoms with Crippen LogP contribution >= 0.6 is 0 Å². The Morgan fingerprint density at radius 1 is 1.61 bits per heavy atom. The van der Waals surface area contributed by atoms with Gasteiger partial charge in [-0.3, -0.25) is 4.68 Å². The van der Waals surface area contributed by atoms with Crippen LogP contribution in [0.3, 0.4) is 0 Å². The number of hydrogen-bond donors (Lipinski definition) is 1. The van der Waals surface area contributed by atoms with Crippen LogP contribution in [0.4, 0.5) is 5.69 Å². The average Bonchev–Trinajstić information content (AvgIpc) is 2.53. The number of rotatable bonds is 4. The zero-order valence-corrected chi connectivity index (χ0v) is 11.1. The molecule has 0 saturated heterocycles. The molecule has 98 valence electrons. The van der Waals surface area contributed by atoms with Crippen LogP contribution in [0, 0.1) is 23.7 Å². The van der Waals surface area contributed by atoms with Crippen LogP contribution < -0.4 is 5.73 Å². The number of nitrogen functional groups attached to an aromatic ring is 1. The number of carbonyl (C=O) groups excluding carboxylic acids is 1. The van der Waals surface area contributed by atoms with E-state index in [9.17, 15) is 4.79 Å². The molecule has 0 aliphatic heterocycles. The highest BCUT2D eigenvalue weighted by Gasteiger charge is 2.21. The summed E-state index contributed by atoms with van der Waals surface area (Å²) in [5, 5.41) is 12.9. The second kappa shape index (κ2) is 5.08. The number of anilines is 1. The first-order valence-electron chi connectivity index (χ1n) is 5.66. The number of hydrogen-bond acceptors (Lipinski definition) is 5.